The fraction of sp³-hybridized carbons (Fsp3) is 0.250. The third-order valence-corrected chi connectivity index (χ3v) is 2.48. The second kappa shape index (κ2) is 4.28. The number of hydrogen-bond acceptors (Lipinski definition) is 3. The van der Waals surface area contributed by atoms with Crippen LogP contribution in [0.1, 0.15) is 22.9 Å². The van der Waals surface area contributed by atoms with E-state index in [9.17, 15) is 0 Å². The maximum atomic E-state index is 6.11. The smallest absolute Gasteiger partial charge is 0.0935 e. The molecule has 2 rings (SSSR count). The molecule has 0 aliphatic carbocycles. The number of rotatable bonds is 3. The van der Waals surface area contributed by atoms with Crippen LogP contribution in [0.5, 0.6) is 0 Å². The van der Waals surface area contributed by atoms with Crippen molar-refractivity contribution in [1.82, 2.24) is 4.98 Å². The van der Waals surface area contributed by atoms with Crippen LogP contribution in [0.2, 0.25) is 0 Å². The van der Waals surface area contributed by atoms with E-state index in [1.165, 1.54) is 0 Å². The van der Waals surface area contributed by atoms with E-state index in [0.29, 0.717) is 0 Å². The molecule has 3 heteroatoms. The van der Waals surface area contributed by atoms with Crippen LogP contribution < -0.4 is 5.73 Å². The Hall–Kier alpha value is -1.61. The highest BCUT2D eigenvalue weighted by Crippen LogP contribution is 2.17. The molecule has 0 aliphatic heterocycles. The predicted octanol–water partition coefficient (Wildman–Crippen LogP) is 2.23. The number of hydrogen-bond donors (Lipinski definition) is 1. The second-order valence-corrected chi connectivity index (χ2v) is 3.62. The largest absolute Gasteiger partial charge is 0.472 e. The van der Waals surface area contributed by atoms with Gasteiger partial charge in [0.2, 0.25) is 0 Å². The standard InChI is InChI=1S/C12H14N2O/c1-9-11(3-2-5-14-9)12(13)7-10-4-6-15-8-10/h2-6,8,12H,7,13H2,1H3. The molecule has 0 radical (unpaired) electrons. The Morgan fingerprint density at radius 3 is 3.00 bits per heavy atom. The Morgan fingerprint density at radius 1 is 1.47 bits per heavy atom. The molecule has 0 bridgehead atoms. The number of furan rings is 1. The zero-order chi connectivity index (χ0) is 10.7. The third-order valence-electron chi connectivity index (χ3n) is 2.48. The minimum atomic E-state index is -0.0173. The molecule has 1 atom stereocenters. The van der Waals surface area contributed by atoms with E-state index >= 15 is 0 Å². The molecule has 0 fully saturated rings. The Bertz CT molecular complexity index is 423. The number of pyridine rings is 1. The van der Waals surface area contributed by atoms with Crippen molar-refractivity contribution in [2.45, 2.75) is 19.4 Å². The summed E-state index contributed by atoms with van der Waals surface area (Å²) < 4.78 is 5.01. The zero-order valence-electron chi connectivity index (χ0n) is 8.68. The van der Waals surface area contributed by atoms with E-state index in [-0.39, 0.29) is 6.04 Å². The minimum Gasteiger partial charge on any atom is -0.472 e. The van der Waals surface area contributed by atoms with Gasteiger partial charge in [-0.15, -0.1) is 0 Å². The van der Waals surface area contributed by atoms with Gasteiger partial charge in [-0.05, 0) is 36.6 Å². The third kappa shape index (κ3) is 2.25. The Balaban J connectivity index is 2.15. The van der Waals surface area contributed by atoms with Crippen LogP contribution in [0, 0.1) is 6.92 Å². The number of aryl methyl sites for hydroxylation is 1. The fourth-order valence-electron chi connectivity index (χ4n) is 1.66. The molecule has 0 aromatic carbocycles. The van der Waals surface area contributed by atoms with Crippen LogP contribution in [0.25, 0.3) is 0 Å². The lowest BCUT2D eigenvalue weighted by atomic mass is 10.0. The summed E-state index contributed by atoms with van der Waals surface area (Å²) in [6.45, 7) is 1.98. The fourth-order valence-corrected chi connectivity index (χ4v) is 1.66. The van der Waals surface area contributed by atoms with Crippen molar-refractivity contribution in [1.29, 1.82) is 0 Å². The summed E-state index contributed by atoms with van der Waals surface area (Å²) in [6.07, 6.45) is 5.95. The molecule has 0 saturated heterocycles. The van der Waals surface area contributed by atoms with Gasteiger partial charge in [-0.2, -0.15) is 0 Å². The van der Waals surface area contributed by atoms with Crippen LogP contribution >= 0.6 is 0 Å². The normalized spacial score (nSPS) is 12.7. The van der Waals surface area contributed by atoms with E-state index in [4.69, 9.17) is 10.2 Å². The Morgan fingerprint density at radius 2 is 2.33 bits per heavy atom. The van der Waals surface area contributed by atoms with Crippen molar-refractivity contribution in [3.05, 3.63) is 53.7 Å². The first-order chi connectivity index (χ1) is 7.27. The average molecular weight is 202 g/mol. The molecule has 1 unspecified atom stereocenters. The van der Waals surface area contributed by atoms with Gasteiger partial charge in [0.15, 0.2) is 0 Å². The van der Waals surface area contributed by atoms with Crippen LogP contribution in [-0.4, -0.2) is 4.98 Å². The van der Waals surface area contributed by atoms with Gasteiger partial charge in [0.25, 0.3) is 0 Å². The molecule has 78 valence electrons. The first-order valence-electron chi connectivity index (χ1n) is 4.95. The van der Waals surface area contributed by atoms with Crippen molar-refractivity contribution >= 4 is 0 Å². The first-order valence-corrected chi connectivity index (χ1v) is 4.95. The van der Waals surface area contributed by atoms with Gasteiger partial charge in [0.1, 0.15) is 0 Å². The molecule has 0 aliphatic rings. The van der Waals surface area contributed by atoms with Gasteiger partial charge >= 0.3 is 0 Å². The SMILES string of the molecule is Cc1ncccc1C(N)Cc1ccoc1. The summed E-state index contributed by atoms with van der Waals surface area (Å²) in [4.78, 5) is 4.23. The molecular formula is C12H14N2O. The summed E-state index contributed by atoms with van der Waals surface area (Å²) in [5, 5.41) is 0. The number of nitrogens with zero attached hydrogens (tertiary/aromatic N) is 1. The average Bonchev–Trinajstić information content (AvgIpc) is 2.71. The molecular weight excluding hydrogens is 188 g/mol. The van der Waals surface area contributed by atoms with Crippen molar-refractivity contribution < 1.29 is 4.42 Å². The van der Waals surface area contributed by atoms with Crippen molar-refractivity contribution in [3.63, 3.8) is 0 Å². The maximum absolute atomic E-state index is 6.11. The monoisotopic (exact) mass is 202 g/mol. The minimum absolute atomic E-state index is 0.0173. The molecule has 0 spiro atoms. The van der Waals surface area contributed by atoms with E-state index in [2.05, 4.69) is 4.98 Å². The van der Waals surface area contributed by atoms with E-state index in [0.717, 1.165) is 23.2 Å². The highest BCUT2D eigenvalue weighted by atomic mass is 16.3. The molecule has 2 N–H and O–H groups in total. The quantitative estimate of drug-likeness (QED) is 0.830. The van der Waals surface area contributed by atoms with E-state index < -0.39 is 0 Å². The summed E-state index contributed by atoms with van der Waals surface area (Å²) in [6, 6.07) is 5.85. The van der Waals surface area contributed by atoms with Gasteiger partial charge in [0.05, 0.1) is 12.5 Å². The van der Waals surface area contributed by atoms with Crippen molar-refractivity contribution in [2.75, 3.05) is 0 Å². The van der Waals surface area contributed by atoms with Crippen molar-refractivity contribution in [3.8, 4) is 0 Å². The van der Waals surface area contributed by atoms with Crippen LogP contribution in [0.3, 0.4) is 0 Å². The van der Waals surface area contributed by atoms with Crippen LogP contribution in [-0.2, 0) is 6.42 Å². The van der Waals surface area contributed by atoms with Crippen LogP contribution in [0.15, 0.2) is 41.3 Å². The van der Waals surface area contributed by atoms with Gasteiger partial charge in [0, 0.05) is 17.9 Å². The predicted molar refractivity (Wildman–Crippen MR) is 58.3 cm³/mol. The summed E-state index contributed by atoms with van der Waals surface area (Å²) in [5.41, 5.74) is 9.31. The molecule has 2 heterocycles. The molecule has 3 nitrogen and oxygen atoms in total. The van der Waals surface area contributed by atoms with Gasteiger partial charge in [-0.25, -0.2) is 0 Å². The lowest BCUT2D eigenvalue weighted by Crippen LogP contribution is -2.14. The molecule has 0 amide bonds. The lowest BCUT2D eigenvalue weighted by Gasteiger charge is -2.12. The van der Waals surface area contributed by atoms with Gasteiger partial charge in [-0.3, -0.25) is 4.98 Å². The number of nitrogens with two attached hydrogens (primary N) is 1. The maximum Gasteiger partial charge on any atom is 0.0935 e. The van der Waals surface area contributed by atoms with Crippen LogP contribution in [0.4, 0.5) is 0 Å². The molecule has 0 saturated carbocycles. The summed E-state index contributed by atoms with van der Waals surface area (Å²) in [7, 11) is 0. The highest BCUT2D eigenvalue weighted by Gasteiger charge is 2.10. The summed E-state index contributed by atoms with van der Waals surface area (Å²) in [5.74, 6) is 0. The topological polar surface area (TPSA) is 52.0 Å². The zero-order valence-corrected chi connectivity index (χ0v) is 8.68. The molecule has 2 aromatic rings. The van der Waals surface area contributed by atoms with E-state index in [1.54, 1.807) is 18.7 Å². The number of aromatic nitrogens is 1. The molecule has 15 heavy (non-hydrogen) atoms. The second-order valence-electron chi connectivity index (χ2n) is 3.62. The van der Waals surface area contributed by atoms with Crippen molar-refractivity contribution in [2.24, 2.45) is 5.73 Å². The Labute approximate surface area is 88.9 Å². The molecule has 2 aromatic heterocycles. The van der Waals surface area contributed by atoms with Gasteiger partial charge in [-0.1, -0.05) is 6.07 Å². The van der Waals surface area contributed by atoms with E-state index in [1.807, 2.05) is 25.1 Å². The highest BCUT2D eigenvalue weighted by molar-refractivity contribution is 5.24. The lowest BCUT2D eigenvalue weighted by molar-refractivity contribution is 0.561. The summed E-state index contributed by atoms with van der Waals surface area (Å²) >= 11 is 0. The Kier molecular flexibility index (Phi) is 2.83. The first kappa shape index (κ1) is 9.93. The van der Waals surface area contributed by atoms with Gasteiger partial charge < -0.3 is 10.2 Å².